The number of hydrogen-bond donors (Lipinski definition) is 10. The largest absolute Gasteiger partial charge is 0.481 e. The number of carbonyl (C=O) groups excluding carboxylic acids is 5. The predicted octanol–water partition coefficient (Wildman–Crippen LogP) is -0.295. The van der Waals surface area contributed by atoms with Gasteiger partial charge in [-0.3, -0.25) is 57.9 Å². The summed E-state index contributed by atoms with van der Waals surface area (Å²) in [6, 6.07) is 2.93. The Labute approximate surface area is 380 Å². The molecule has 5 atom stereocenters. The van der Waals surface area contributed by atoms with Gasteiger partial charge in [-0.15, -0.1) is 0 Å². The minimum Gasteiger partial charge on any atom is -0.481 e. The minimum atomic E-state index is -1.72. The van der Waals surface area contributed by atoms with Crippen LogP contribution in [0.4, 0.5) is 5.95 Å². The van der Waals surface area contributed by atoms with Crippen LogP contribution in [0.15, 0.2) is 40.2 Å². The molecule has 2 amide bonds. The SMILES string of the molecule is CSC[C@H](CC(=O)[C@H](CC(=O)O)NC(=O)[C@H](CCCN=C(N)N)CC(=O)[C@H](CC(=O)O)NC(=O)CC[C@@H](CC(=O)c1ccc(CCc2cnc3nc(N)[nH]c(=O)c3n2)cc1)C(=O)O)C(=O)O. The van der Waals surface area contributed by atoms with E-state index in [1.165, 1.54) is 18.3 Å². The highest BCUT2D eigenvalue weighted by Gasteiger charge is 2.34. The normalized spacial score (nSPS) is 13.3. The van der Waals surface area contributed by atoms with Crippen LogP contribution in [0.3, 0.4) is 0 Å². The Hall–Kier alpha value is -7.31. The predicted molar refractivity (Wildman–Crippen MR) is 236 cm³/mol. The van der Waals surface area contributed by atoms with E-state index < -0.39 is 127 Å². The number of aliphatic carboxylic acids is 4. The van der Waals surface area contributed by atoms with Gasteiger partial charge in [-0.2, -0.15) is 16.7 Å². The molecule has 24 nitrogen and oxygen atoms in total. The van der Waals surface area contributed by atoms with Crippen molar-refractivity contribution in [1.82, 2.24) is 30.6 Å². The molecule has 0 saturated carbocycles. The molecule has 0 bridgehead atoms. The van der Waals surface area contributed by atoms with Gasteiger partial charge in [0.1, 0.15) is 0 Å². The smallest absolute Gasteiger partial charge is 0.307 e. The fraction of sp³-hybridized carbons (Fsp3) is 0.463. The van der Waals surface area contributed by atoms with Gasteiger partial charge in [0, 0.05) is 49.5 Å². The second-order valence-corrected chi connectivity index (χ2v) is 16.1. The molecule has 13 N–H and O–H groups in total. The number of carboxylic acids is 4. The number of H-pyrrole nitrogens is 1. The number of thioether (sulfide) groups is 1. The zero-order valence-electron chi connectivity index (χ0n) is 35.8. The summed E-state index contributed by atoms with van der Waals surface area (Å²) in [4.78, 5) is 144. The van der Waals surface area contributed by atoms with E-state index in [2.05, 4.69) is 35.6 Å². The number of nitrogens with two attached hydrogens (primary N) is 3. The zero-order valence-corrected chi connectivity index (χ0v) is 36.6. The number of benzene rings is 1. The lowest BCUT2D eigenvalue weighted by Crippen LogP contribution is -2.47. The molecule has 0 saturated heterocycles. The van der Waals surface area contributed by atoms with Crippen LogP contribution in [0.2, 0.25) is 0 Å². The number of aryl methyl sites for hydroxylation is 2. The quantitative estimate of drug-likeness (QED) is 0.0178. The number of nitrogens with one attached hydrogen (secondary N) is 3. The number of rotatable bonds is 30. The van der Waals surface area contributed by atoms with E-state index in [9.17, 15) is 68.4 Å². The molecule has 356 valence electrons. The highest BCUT2D eigenvalue weighted by Crippen LogP contribution is 2.20. The highest BCUT2D eigenvalue weighted by molar-refractivity contribution is 7.98. The van der Waals surface area contributed by atoms with Gasteiger partial charge in [-0.1, -0.05) is 24.3 Å². The number of guanidine groups is 1. The third kappa shape index (κ3) is 17.7. The third-order valence-corrected chi connectivity index (χ3v) is 10.8. The topological polar surface area (TPSA) is 421 Å². The number of carbonyl (C=O) groups is 9. The number of carboxylic acid groups (broad SMARTS) is 4. The summed E-state index contributed by atoms with van der Waals surface area (Å²) >= 11 is 1.14. The molecule has 2 aromatic heterocycles. The van der Waals surface area contributed by atoms with Crippen LogP contribution in [0.25, 0.3) is 11.2 Å². The third-order valence-electron chi connectivity index (χ3n) is 10.1. The Morgan fingerprint density at radius 1 is 0.773 bits per heavy atom. The number of aliphatic imine (C=N–C) groups is 1. The monoisotopic (exact) mass is 940 g/mol. The van der Waals surface area contributed by atoms with E-state index in [1.54, 1.807) is 18.4 Å². The van der Waals surface area contributed by atoms with Crippen LogP contribution < -0.4 is 33.4 Å². The highest BCUT2D eigenvalue weighted by atomic mass is 32.2. The first-order valence-corrected chi connectivity index (χ1v) is 21.8. The molecule has 0 aliphatic heterocycles. The first-order chi connectivity index (χ1) is 31.2. The molecule has 1 aromatic carbocycles. The van der Waals surface area contributed by atoms with Gasteiger partial charge in [0.05, 0.1) is 48.7 Å². The van der Waals surface area contributed by atoms with Crippen LogP contribution in [0, 0.1) is 17.8 Å². The number of fused-ring (bicyclic) bond motifs is 1. The van der Waals surface area contributed by atoms with Crippen LogP contribution in [0.5, 0.6) is 0 Å². The summed E-state index contributed by atoms with van der Waals surface area (Å²) in [6.07, 6.45) is -0.788. The van der Waals surface area contributed by atoms with Gasteiger partial charge < -0.3 is 48.3 Å². The standard InChI is InChI=1S/C41H52N10O14S/c1-66-19-24(39(64)65)15-30(54)27(17-33(58)59)49-36(60)22(3-2-12-45-40(42)43)13-29(53)26(16-32(56)57)48-31(55)11-9-23(38(62)63)14-28(52)21-7-4-20(5-8-21)6-10-25-18-46-35-34(47-25)37(61)51-41(44)50-35/h4-5,7-8,18,22-24,26-27H,2-3,6,9-17,19H2,1H3,(H,48,55)(H,49,60)(H,56,57)(H,58,59)(H,62,63)(H,64,65)(H4,42,43,45)(H3,44,46,50,51,61)/t22-,23+,24+,26+,27+/m1/s1. The van der Waals surface area contributed by atoms with E-state index in [4.69, 9.17) is 17.2 Å². The fourth-order valence-corrected chi connectivity index (χ4v) is 7.30. The number of nitrogens with zero attached hydrogens (tertiary/aromatic N) is 4. The van der Waals surface area contributed by atoms with E-state index >= 15 is 0 Å². The summed E-state index contributed by atoms with van der Waals surface area (Å²) in [7, 11) is 0. The summed E-state index contributed by atoms with van der Waals surface area (Å²) < 4.78 is 0. The number of aromatic nitrogens is 4. The number of hydrogen-bond acceptors (Lipinski definition) is 16. The molecule has 25 heteroatoms. The molecule has 0 fully saturated rings. The van der Waals surface area contributed by atoms with Gasteiger partial charge >= 0.3 is 23.9 Å². The van der Waals surface area contributed by atoms with Gasteiger partial charge in [-0.05, 0) is 43.9 Å². The van der Waals surface area contributed by atoms with Crippen molar-refractivity contribution >= 4 is 87.9 Å². The Morgan fingerprint density at radius 2 is 1.38 bits per heavy atom. The molecule has 2 heterocycles. The zero-order chi connectivity index (χ0) is 49.1. The van der Waals surface area contributed by atoms with Crippen molar-refractivity contribution in [3.8, 4) is 0 Å². The van der Waals surface area contributed by atoms with Crippen LogP contribution >= 0.6 is 11.8 Å². The van der Waals surface area contributed by atoms with Crippen molar-refractivity contribution < 1.29 is 63.6 Å². The summed E-state index contributed by atoms with van der Waals surface area (Å²) in [5.74, 6) is -14.3. The molecule has 3 rings (SSSR count). The molecular formula is C41H52N10O14S. The lowest BCUT2D eigenvalue weighted by atomic mass is 9.91. The van der Waals surface area contributed by atoms with Crippen LogP contribution in [-0.4, -0.2) is 130 Å². The van der Waals surface area contributed by atoms with E-state index in [0.29, 0.717) is 18.5 Å². The van der Waals surface area contributed by atoms with Crippen molar-refractivity contribution in [2.45, 2.75) is 82.7 Å². The lowest BCUT2D eigenvalue weighted by Gasteiger charge is -2.23. The first kappa shape index (κ1) is 53.0. The molecule has 3 aromatic rings. The molecule has 0 aliphatic rings. The van der Waals surface area contributed by atoms with Gasteiger partial charge in [-0.25, -0.2) is 9.97 Å². The molecule has 0 unspecified atom stereocenters. The van der Waals surface area contributed by atoms with Gasteiger partial charge in [0.15, 0.2) is 34.5 Å². The van der Waals surface area contributed by atoms with Crippen molar-refractivity contribution in [3.63, 3.8) is 0 Å². The fourth-order valence-electron chi connectivity index (χ4n) is 6.64. The maximum absolute atomic E-state index is 13.6. The number of nitrogen functional groups attached to an aromatic ring is 1. The Balaban J connectivity index is 1.66. The van der Waals surface area contributed by atoms with Gasteiger partial charge in [0.2, 0.25) is 17.8 Å². The van der Waals surface area contributed by atoms with Crippen LogP contribution in [-0.2, 0) is 51.2 Å². The van der Waals surface area contributed by atoms with E-state index in [1.807, 2.05) is 0 Å². The maximum Gasteiger partial charge on any atom is 0.307 e. The van der Waals surface area contributed by atoms with Crippen molar-refractivity contribution in [2.75, 3.05) is 24.3 Å². The Morgan fingerprint density at radius 3 is 1.95 bits per heavy atom. The molecule has 66 heavy (non-hydrogen) atoms. The van der Waals surface area contributed by atoms with Crippen LogP contribution in [0.1, 0.15) is 79.4 Å². The Kier molecular flexibility index (Phi) is 20.8. The summed E-state index contributed by atoms with van der Waals surface area (Å²) in [5, 5.41) is 43.0. The number of amides is 2. The first-order valence-electron chi connectivity index (χ1n) is 20.4. The number of anilines is 1. The molecule has 0 radical (unpaired) electrons. The Bertz CT molecular complexity index is 2370. The molecule has 0 aliphatic carbocycles. The maximum atomic E-state index is 13.6. The van der Waals surface area contributed by atoms with E-state index in [0.717, 1.165) is 17.3 Å². The number of Topliss-reactive ketones (excluding diaryl/α,β-unsaturated/α-hetero) is 3. The van der Waals surface area contributed by atoms with Crippen molar-refractivity contribution in [1.29, 1.82) is 0 Å². The average Bonchev–Trinajstić information content (AvgIpc) is 3.24. The lowest BCUT2D eigenvalue weighted by molar-refractivity contribution is -0.144. The van der Waals surface area contributed by atoms with E-state index in [-0.39, 0.29) is 60.2 Å². The summed E-state index contributed by atoms with van der Waals surface area (Å²) in [5.41, 5.74) is 17.3. The number of ketones is 3. The van der Waals surface area contributed by atoms with Crippen molar-refractivity contribution in [3.05, 3.63) is 57.6 Å². The minimum absolute atomic E-state index is 0.0203. The number of aromatic amines is 1. The second-order valence-electron chi connectivity index (χ2n) is 15.2. The molecule has 0 spiro atoms. The van der Waals surface area contributed by atoms with Gasteiger partial charge in [0.25, 0.3) is 5.56 Å². The second kappa shape index (κ2) is 25.8. The van der Waals surface area contributed by atoms with Crippen molar-refractivity contribution in [2.24, 2.45) is 34.2 Å². The summed E-state index contributed by atoms with van der Waals surface area (Å²) in [6.45, 7) is -0.0241. The average molecular weight is 941 g/mol. The molecular weight excluding hydrogens is 889 g/mol.